The van der Waals surface area contributed by atoms with Gasteiger partial charge in [-0.1, -0.05) is 17.3 Å². The van der Waals surface area contributed by atoms with Crippen molar-refractivity contribution in [3.05, 3.63) is 42.0 Å². The van der Waals surface area contributed by atoms with E-state index in [9.17, 15) is 9.18 Å². The zero-order valence-electron chi connectivity index (χ0n) is 15.0. The van der Waals surface area contributed by atoms with Gasteiger partial charge in [0, 0.05) is 32.7 Å². The number of nitrogens with zero attached hydrogens (tertiary/aromatic N) is 7. The number of aryl methyl sites for hydroxylation is 1. The number of piperazine rings is 1. The summed E-state index contributed by atoms with van der Waals surface area (Å²) in [6.07, 6.45) is 1.81. The second kappa shape index (κ2) is 7.26. The summed E-state index contributed by atoms with van der Waals surface area (Å²) in [5, 5.41) is 8.33. The second-order valence-electron chi connectivity index (χ2n) is 6.45. The molecule has 0 aliphatic carbocycles. The molecule has 8 nitrogen and oxygen atoms in total. The molecular formula is C18H20FN7O. The first-order chi connectivity index (χ1) is 13.2. The van der Waals surface area contributed by atoms with Gasteiger partial charge in [0.05, 0.1) is 6.42 Å². The number of carbonyl (C=O) groups is 1. The highest BCUT2D eigenvalue weighted by molar-refractivity contribution is 5.83. The number of amides is 1. The zero-order chi connectivity index (χ0) is 18.8. The fourth-order valence-corrected chi connectivity index (χ4v) is 3.28. The molecule has 0 unspecified atom stereocenters. The molecule has 2 aromatic heterocycles. The van der Waals surface area contributed by atoms with Gasteiger partial charge in [-0.3, -0.25) is 4.79 Å². The van der Waals surface area contributed by atoms with Crippen molar-refractivity contribution in [2.45, 2.75) is 19.9 Å². The van der Waals surface area contributed by atoms with Crippen molar-refractivity contribution in [1.82, 2.24) is 29.9 Å². The molecule has 3 aromatic rings. The molecule has 0 N–H and O–H groups in total. The summed E-state index contributed by atoms with van der Waals surface area (Å²) in [7, 11) is 0. The van der Waals surface area contributed by atoms with E-state index in [1.54, 1.807) is 16.8 Å². The van der Waals surface area contributed by atoms with Crippen LogP contribution in [0.3, 0.4) is 0 Å². The smallest absolute Gasteiger partial charge is 0.227 e. The first kappa shape index (κ1) is 17.3. The van der Waals surface area contributed by atoms with E-state index in [-0.39, 0.29) is 18.1 Å². The van der Waals surface area contributed by atoms with E-state index in [4.69, 9.17) is 0 Å². The van der Waals surface area contributed by atoms with E-state index in [1.807, 2.05) is 11.8 Å². The fraction of sp³-hybridized carbons (Fsp3) is 0.389. The summed E-state index contributed by atoms with van der Waals surface area (Å²) in [6, 6.07) is 6.06. The Hall–Kier alpha value is -3.10. The zero-order valence-corrected chi connectivity index (χ0v) is 15.0. The van der Waals surface area contributed by atoms with Crippen LogP contribution in [-0.4, -0.2) is 61.9 Å². The molecule has 140 valence electrons. The van der Waals surface area contributed by atoms with Crippen LogP contribution in [0.15, 0.2) is 30.6 Å². The van der Waals surface area contributed by atoms with Crippen LogP contribution in [0.5, 0.6) is 0 Å². The quantitative estimate of drug-likeness (QED) is 0.689. The Labute approximate surface area is 155 Å². The predicted molar refractivity (Wildman–Crippen MR) is 97.7 cm³/mol. The van der Waals surface area contributed by atoms with E-state index >= 15 is 0 Å². The summed E-state index contributed by atoms with van der Waals surface area (Å²) in [6.45, 7) is 5.22. The average Bonchev–Trinajstić information content (AvgIpc) is 3.13. The van der Waals surface area contributed by atoms with Gasteiger partial charge in [-0.15, -0.1) is 5.10 Å². The summed E-state index contributed by atoms with van der Waals surface area (Å²) in [4.78, 5) is 25.1. The summed E-state index contributed by atoms with van der Waals surface area (Å²) in [5.74, 6) is 0.507. The van der Waals surface area contributed by atoms with Crippen LogP contribution in [0.1, 0.15) is 12.5 Å². The number of benzene rings is 1. The Morgan fingerprint density at radius 1 is 1.11 bits per heavy atom. The number of rotatable bonds is 4. The fourth-order valence-electron chi connectivity index (χ4n) is 3.28. The van der Waals surface area contributed by atoms with E-state index in [0.29, 0.717) is 38.2 Å². The third-order valence-electron chi connectivity index (χ3n) is 4.78. The van der Waals surface area contributed by atoms with Crippen LogP contribution in [-0.2, 0) is 17.8 Å². The third-order valence-corrected chi connectivity index (χ3v) is 4.78. The number of hydrogen-bond donors (Lipinski definition) is 0. The Kier molecular flexibility index (Phi) is 4.66. The number of hydrogen-bond acceptors (Lipinski definition) is 6. The maximum absolute atomic E-state index is 13.0. The molecule has 0 spiro atoms. The minimum Gasteiger partial charge on any atom is -0.351 e. The van der Waals surface area contributed by atoms with Crippen LogP contribution in [0.4, 0.5) is 10.2 Å². The van der Waals surface area contributed by atoms with Crippen LogP contribution in [0.25, 0.3) is 11.2 Å². The molecule has 1 fully saturated rings. The van der Waals surface area contributed by atoms with Gasteiger partial charge in [0.2, 0.25) is 5.91 Å². The summed E-state index contributed by atoms with van der Waals surface area (Å²) < 4.78 is 14.7. The maximum atomic E-state index is 13.0. The third kappa shape index (κ3) is 3.44. The van der Waals surface area contributed by atoms with Gasteiger partial charge < -0.3 is 9.80 Å². The minimum absolute atomic E-state index is 0.0472. The molecule has 9 heteroatoms. The minimum atomic E-state index is -0.295. The first-order valence-corrected chi connectivity index (χ1v) is 8.97. The molecule has 1 aliphatic heterocycles. The highest BCUT2D eigenvalue weighted by Crippen LogP contribution is 2.22. The van der Waals surface area contributed by atoms with Crippen LogP contribution >= 0.6 is 0 Å². The summed E-state index contributed by atoms with van der Waals surface area (Å²) >= 11 is 0. The van der Waals surface area contributed by atoms with Gasteiger partial charge in [-0.05, 0) is 24.6 Å². The molecule has 1 amide bonds. The number of fused-ring (bicyclic) bond motifs is 1. The van der Waals surface area contributed by atoms with Gasteiger partial charge in [-0.25, -0.2) is 19.0 Å². The molecule has 0 saturated carbocycles. The van der Waals surface area contributed by atoms with Crippen LogP contribution < -0.4 is 4.90 Å². The molecule has 1 aromatic carbocycles. The van der Waals surface area contributed by atoms with Gasteiger partial charge >= 0.3 is 0 Å². The molecule has 0 bridgehead atoms. The average molecular weight is 369 g/mol. The van der Waals surface area contributed by atoms with Crippen molar-refractivity contribution in [2.24, 2.45) is 0 Å². The lowest BCUT2D eigenvalue weighted by atomic mass is 10.1. The normalized spacial score (nSPS) is 14.7. The van der Waals surface area contributed by atoms with Gasteiger partial charge in [0.15, 0.2) is 17.0 Å². The number of anilines is 1. The molecule has 27 heavy (non-hydrogen) atoms. The predicted octanol–water partition coefficient (Wildman–Crippen LogP) is 1.27. The highest BCUT2D eigenvalue weighted by Gasteiger charge is 2.24. The molecule has 1 saturated heterocycles. The standard InChI is InChI=1S/C18H20FN7O/c1-2-26-18-16(22-23-26)17(20-12-21-18)25-9-7-24(8-10-25)15(27)11-13-3-5-14(19)6-4-13/h3-6,12H,2,7-11H2,1H3. The van der Waals surface area contributed by atoms with Gasteiger partial charge in [-0.2, -0.15) is 0 Å². The van der Waals surface area contributed by atoms with Crippen molar-refractivity contribution in [3.63, 3.8) is 0 Å². The molecule has 4 rings (SSSR count). The molecule has 3 heterocycles. The molecule has 0 radical (unpaired) electrons. The topological polar surface area (TPSA) is 80.0 Å². The molecular weight excluding hydrogens is 349 g/mol. The second-order valence-corrected chi connectivity index (χ2v) is 6.45. The van der Waals surface area contributed by atoms with E-state index in [0.717, 1.165) is 17.0 Å². The largest absolute Gasteiger partial charge is 0.351 e. The lowest BCUT2D eigenvalue weighted by molar-refractivity contribution is -0.130. The summed E-state index contributed by atoms with van der Waals surface area (Å²) in [5.41, 5.74) is 2.22. The monoisotopic (exact) mass is 369 g/mol. The van der Waals surface area contributed by atoms with E-state index in [1.165, 1.54) is 18.5 Å². The molecule has 0 atom stereocenters. The lowest BCUT2D eigenvalue weighted by Gasteiger charge is -2.35. The Bertz CT molecular complexity index is 948. The van der Waals surface area contributed by atoms with E-state index in [2.05, 4.69) is 25.2 Å². The Morgan fingerprint density at radius 2 is 1.85 bits per heavy atom. The Balaban J connectivity index is 1.42. The van der Waals surface area contributed by atoms with Crippen molar-refractivity contribution < 1.29 is 9.18 Å². The van der Waals surface area contributed by atoms with Gasteiger partial charge in [0.1, 0.15) is 12.1 Å². The Morgan fingerprint density at radius 3 is 2.56 bits per heavy atom. The number of halogens is 1. The lowest BCUT2D eigenvalue weighted by Crippen LogP contribution is -2.49. The number of aromatic nitrogens is 5. The molecule has 1 aliphatic rings. The van der Waals surface area contributed by atoms with Gasteiger partial charge in [0.25, 0.3) is 0 Å². The van der Waals surface area contributed by atoms with Crippen molar-refractivity contribution in [3.8, 4) is 0 Å². The number of carbonyl (C=O) groups excluding carboxylic acids is 1. The first-order valence-electron chi connectivity index (χ1n) is 8.97. The van der Waals surface area contributed by atoms with Crippen molar-refractivity contribution in [1.29, 1.82) is 0 Å². The maximum Gasteiger partial charge on any atom is 0.227 e. The van der Waals surface area contributed by atoms with Crippen LogP contribution in [0.2, 0.25) is 0 Å². The van der Waals surface area contributed by atoms with E-state index < -0.39 is 0 Å². The van der Waals surface area contributed by atoms with Crippen molar-refractivity contribution in [2.75, 3.05) is 31.1 Å². The van der Waals surface area contributed by atoms with Crippen LogP contribution in [0, 0.1) is 5.82 Å². The highest BCUT2D eigenvalue weighted by atomic mass is 19.1. The SMILES string of the molecule is CCn1nnc2c(N3CCN(C(=O)Cc4ccc(F)cc4)CC3)ncnc21. The van der Waals surface area contributed by atoms with Crippen molar-refractivity contribution >= 4 is 22.9 Å².